The van der Waals surface area contributed by atoms with Crippen LogP contribution in [0.5, 0.6) is 0 Å². The van der Waals surface area contributed by atoms with Crippen molar-refractivity contribution in [2.45, 2.75) is 71.3 Å². The number of benzene rings is 1. The van der Waals surface area contributed by atoms with E-state index in [0.29, 0.717) is 11.4 Å². The molecule has 1 aromatic carbocycles. The summed E-state index contributed by atoms with van der Waals surface area (Å²) in [6.07, 6.45) is -0.304. The Kier molecular flexibility index (Phi) is 9.67. The van der Waals surface area contributed by atoms with Gasteiger partial charge in [0.15, 0.2) is 0 Å². The smallest absolute Gasteiger partial charge is 0.245 e. The lowest BCUT2D eigenvalue weighted by molar-refractivity contribution is -0.141. The van der Waals surface area contributed by atoms with Crippen LogP contribution in [0.4, 0.5) is 0 Å². The summed E-state index contributed by atoms with van der Waals surface area (Å²) in [4.78, 5) is 51.2. The second-order valence-corrected chi connectivity index (χ2v) is 9.29. The van der Waals surface area contributed by atoms with E-state index < -0.39 is 36.0 Å². The number of nitrogens with zero attached hydrogens (tertiary/aromatic N) is 1. The van der Waals surface area contributed by atoms with Crippen molar-refractivity contribution in [3.8, 4) is 0 Å². The van der Waals surface area contributed by atoms with Crippen LogP contribution in [0.3, 0.4) is 0 Å². The molecule has 0 bridgehead atoms. The molecule has 10 heteroatoms. The van der Waals surface area contributed by atoms with Crippen LogP contribution in [-0.4, -0.2) is 64.4 Å². The monoisotopic (exact) mass is 480 g/mol. The van der Waals surface area contributed by atoms with Crippen LogP contribution in [0.2, 0.25) is 5.02 Å². The van der Waals surface area contributed by atoms with Gasteiger partial charge in [-0.1, -0.05) is 37.6 Å². The Labute approximate surface area is 199 Å². The highest BCUT2D eigenvalue weighted by molar-refractivity contribution is 6.30. The van der Waals surface area contributed by atoms with Crippen molar-refractivity contribution in [2.24, 2.45) is 5.92 Å². The number of aliphatic hydroxyl groups is 1. The molecule has 1 aliphatic rings. The average Bonchev–Trinajstić information content (AvgIpc) is 3.13. The number of rotatable bonds is 9. The maximum Gasteiger partial charge on any atom is 0.245 e. The quantitative estimate of drug-likeness (QED) is 0.419. The molecule has 4 atom stereocenters. The van der Waals surface area contributed by atoms with Gasteiger partial charge in [-0.15, -0.1) is 0 Å². The largest absolute Gasteiger partial charge is 0.391 e. The predicted molar refractivity (Wildman–Crippen MR) is 124 cm³/mol. The fourth-order valence-corrected chi connectivity index (χ4v) is 3.91. The zero-order chi connectivity index (χ0) is 24.7. The number of hydrogen-bond acceptors (Lipinski definition) is 5. The molecule has 2 rings (SSSR count). The van der Waals surface area contributed by atoms with Gasteiger partial charge >= 0.3 is 0 Å². The molecule has 0 aliphatic carbocycles. The summed E-state index contributed by atoms with van der Waals surface area (Å²) in [5, 5.41) is 18.7. The van der Waals surface area contributed by atoms with Gasteiger partial charge in [-0.25, -0.2) is 0 Å². The SMILES string of the molecule is CC(=O)N[C@@H](CC(C)C)C(=O)N[C@@H](C)C(=O)N1C[C@H](O)C[C@H]1C(=O)NCc1ccc(Cl)cc1. The van der Waals surface area contributed by atoms with E-state index in [2.05, 4.69) is 16.0 Å². The minimum absolute atomic E-state index is 0.000800. The van der Waals surface area contributed by atoms with Crippen molar-refractivity contribution in [1.82, 2.24) is 20.9 Å². The van der Waals surface area contributed by atoms with Gasteiger partial charge in [0.05, 0.1) is 6.10 Å². The maximum atomic E-state index is 13.0. The number of halogens is 1. The zero-order valence-corrected chi connectivity index (χ0v) is 20.2. The van der Waals surface area contributed by atoms with Crippen molar-refractivity contribution in [3.05, 3.63) is 34.9 Å². The summed E-state index contributed by atoms with van der Waals surface area (Å²) in [6, 6.07) is 4.47. The van der Waals surface area contributed by atoms with Crippen LogP contribution in [0.1, 0.15) is 46.1 Å². The van der Waals surface area contributed by atoms with Gasteiger partial charge in [0.2, 0.25) is 23.6 Å². The average molecular weight is 481 g/mol. The van der Waals surface area contributed by atoms with E-state index in [1.807, 2.05) is 13.8 Å². The fourth-order valence-electron chi connectivity index (χ4n) is 3.79. The summed E-state index contributed by atoms with van der Waals surface area (Å²) >= 11 is 5.87. The number of carbonyl (C=O) groups is 4. The summed E-state index contributed by atoms with van der Waals surface area (Å²) in [5.41, 5.74) is 0.846. The molecule has 0 unspecified atom stereocenters. The second kappa shape index (κ2) is 12.0. The van der Waals surface area contributed by atoms with Gasteiger partial charge in [-0.2, -0.15) is 0 Å². The molecule has 0 spiro atoms. The van der Waals surface area contributed by atoms with E-state index in [1.54, 1.807) is 24.3 Å². The van der Waals surface area contributed by atoms with Crippen molar-refractivity contribution in [2.75, 3.05) is 6.54 Å². The lowest BCUT2D eigenvalue weighted by atomic mass is 10.0. The second-order valence-electron chi connectivity index (χ2n) is 8.85. The Morgan fingerprint density at radius 2 is 1.76 bits per heavy atom. The molecule has 4 N–H and O–H groups in total. The summed E-state index contributed by atoms with van der Waals surface area (Å²) in [7, 11) is 0. The van der Waals surface area contributed by atoms with Gasteiger partial charge in [0.1, 0.15) is 18.1 Å². The highest BCUT2D eigenvalue weighted by Gasteiger charge is 2.40. The highest BCUT2D eigenvalue weighted by atomic mass is 35.5. The number of nitrogens with one attached hydrogen (secondary N) is 3. The number of amides is 4. The number of β-amino-alcohol motifs (C(OH)–C–C–N with tert-alkyl or cyclic N) is 1. The molecule has 0 radical (unpaired) electrons. The Balaban J connectivity index is 2.01. The van der Waals surface area contributed by atoms with Gasteiger partial charge in [0.25, 0.3) is 0 Å². The first-order chi connectivity index (χ1) is 15.5. The Morgan fingerprint density at radius 3 is 2.33 bits per heavy atom. The first kappa shape index (κ1) is 26.6. The van der Waals surface area contributed by atoms with E-state index >= 15 is 0 Å². The van der Waals surface area contributed by atoms with Crippen LogP contribution in [-0.2, 0) is 25.7 Å². The third-order valence-electron chi connectivity index (χ3n) is 5.38. The number of likely N-dealkylation sites (tertiary alicyclic amines) is 1. The third kappa shape index (κ3) is 8.01. The third-order valence-corrected chi connectivity index (χ3v) is 5.63. The Morgan fingerprint density at radius 1 is 1.12 bits per heavy atom. The molecular formula is C23H33ClN4O5. The van der Waals surface area contributed by atoms with E-state index in [9.17, 15) is 24.3 Å². The van der Waals surface area contributed by atoms with Gasteiger partial charge in [-0.3, -0.25) is 19.2 Å². The molecule has 0 saturated carbocycles. The lowest BCUT2D eigenvalue weighted by Gasteiger charge is -2.28. The van der Waals surface area contributed by atoms with Crippen molar-refractivity contribution < 1.29 is 24.3 Å². The Bertz CT molecular complexity index is 861. The van der Waals surface area contributed by atoms with Gasteiger partial charge in [-0.05, 0) is 37.0 Å². The van der Waals surface area contributed by atoms with Crippen LogP contribution < -0.4 is 16.0 Å². The minimum atomic E-state index is -0.933. The van der Waals surface area contributed by atoms with E-state index in [1.165, 1.54) is 18.7 Å². The molecule has 1 heterocycles. The molecule has 1 fully saturated rings. The highest BCUT2D eigenvalue weighted by Crippen LogP contribution is 2.20. The van der Waals surface area contributed by atoms with Crippen LogP contribution in [0.25, 0.3) is 0 Å². The molecule has 182 valence electrons. The molecule has 0 aromatic heterocycles. The maximum absolute atomic E-state index is 13.0. The van der Waals surface area contributed by atoms with Crippen molar-refractivity contribution in [1.29, 1.82) is 0 Å². The van der Waals surface area contributed by atoms with Crippen LogP contribution in [0.15, 0.2) is 24.3 Å². The summed E-state index contributed by atoms with van der Waals surface area (Å²) in [5.74, 6) is -1.51. The lowest BCUT2D eigenvalue weighted by Crippen LogP contribution is -2.55. The van der Waals surface area contributed by atoms with Crippen LogP contribution in [0, 0.1) is 5.92 Å². The molecule has 4 amide bonds. The molecule has 33 heavy (non-hydrogen) atoms. The fraction of sp³-hybridized carbons (Fsp3) is 0.565. The number of hydrogen-bond donors (Lipinski definition) is 4. The predicted octanol–water partition coefficient (Wildman–Crippen LogP) is 0.974. The first-order valence-electron chi connectivity index (χ1n) is 11.1. The van der Waals surface area contributed by atoms with Gasteiger partial charge < -0.3 is 26.0 Å². The minimum Gasteiger partial charge on any atom is -0.391 e. The number of carbonyl (C=O) groups excluding carboxylic acids is 4. The van der Waals surface area contributed by atoms with E-state index in [-0.39, 0.29) is 37.2 Å². The summed E-state index contributed by atoms with van der Waals surface area (Å²) in [6.45, 7) is 6.96. The standard InChI is InChI=1S/C23H33ClN4O5/c1-13(2)9-19(27-15(4)29)21(31)26-14(3)23(33)28-12-18(30)10-20(28)22(32)25-11-16-5-7-17(24)8-6-16/h5-8,13-14,18-20,30H,9-12H2,1-4H3,(H,25,32)(H,26,31)(H,27,29)/t14-,18+,19-,20-/m0/s1. The molecule has 9 nitrogen and oxygen atoms in total. The topological polar surface area (TPSA) is 128 Å². The zero-order valence-electron chi connectivity index (χ0n) is 19.4. The molecule has 1 aromatic rings. The Hall–Kier alpha value is -2.65. The summed E-state index contributed by atoms with van der Waals surface area (Å²) < 4.78 is 0. The van der Waals surface area contributed by atoms with Crippen LogP contribution >= 0.6 is 11.6 Å². The first-order valence-corrected chi connectivity index (χ1v) is 11.4. The van der Waals surface area contributed by atoms with Gasteiger partial charge in [0, 0.05) is 31.5 Å². The molecule has 1 aliphatic heterocycles. The number of aliphatic hydroxyl groups excluding tert-OH is 1. The van der Waals surface area contributed by atoms with Crippen molar-refractivity contribution >= 4 is 35.2 Å². The van der Waals surface area contributed by atoms with E-state index in [0.717, 1.165) is 5.56 Å². The normalized spacial score (nSPS) is 19.7. The van der Waals surface area contributed by atoms with E-state index in [4.69, 9.17) is 11.6 Å². The van der Waals surface area contributed by atoms with Crippen molar-refractivity contribution in [3.63, 3.8) is 0 Å². The molecule has 1 saturated heterocycles. The molecular weight excluding hydrogens is 448 g/mol.